The SMILES string of the molecule is Oc1ccccc1-c1ccnc2cc(-c3ccccc3)nn12. The van der Waals surface area contributed by atoms with Crippen LogP contribution in [0.3, 0.4) is 0 Å². The van der Waals surface area contributed by atoms with Crippen molar-refractivity contribution in [3.63, 3.8) is 0 Å². The Morgan fingerprint density at radius 3 is 2.45 bits per heavy atom. The highest BCUT2D eigenvalue weighted by molar-refractivity contribution is 5.71. The van der Waals surface area contributed by atoms with Gasteiger partial charge in [0.05, 0.1) is 11.4 Å². The molecule has 4 nitrogen and oxygen atoms in total. The first-order chi connectivity index (χ1) is 10.8. The van der Waals surface area contributed by atoms with Gasteiger partial charge in [-0.2, -0.15) is 5.10 Å². The molecule has 0 unspecified atom stereocenters. The average Bonchev–Trinajstić information content (AvgIpc) is 3.00. The molecule has 106 valence electrons. The normalized spacial score (nSPS) is 10.9. The topological polar surface area (TPSA) is 50.4 Å². The quantitative estimate of drug-likeness (QED) is 0.610. The highest BCUT2D eigenvalue weighted by atomic mass is 16.3. The van der Waals surface area contributed by atoms with Crippen LogP contribution in [0.25, 0.3) is 28.2 Å². The van der Waals surface area contributed by atoms with Crippen LogP contribution >= 0.6 is 0 Å². The van der Waals surface area contributed by atoms with Gasteiger partial charge in [-0.05, 0) is 18.2 Å². The lowest BCUT2D eigenvalue weighted by Gasteiger charge is -2.06. The summed E-state index contributed by atoms with van der Waals surface area (Å²) in [7, 11) is 0. The number of hydrogen-bond donors (Lipinski definition) is 1. The maximum atomic E-state index is 10.1. The Bertz CT molecular complexity index is 945. The minimum Gasteiger partial charge on any atom is -0.507 e. The largest absolute Gasteiger partial charge is 0.507 e. The van der Waals surface area contributed by atoms with Crippen LogP contribution in [0, 0.1) is 0 Å². The fraction of sp³-hybridized carbons (Fsp3) is 0. The highest BCUT2D eigenvalue weighted by Crippen LogP contribution is 2.29. The number of hydrogen-bond acceptors (Lipinski definition) is 3. The second kappa shape index (κ2) is 5.00. The molecule has 0 saturated heterocycles. The van der Waals surface area contributed by atoms with E-state index in [9.17, 15) is 5.11 Å². The highest BCUT2D eigenvalue weighted by Gasteiger charge is 2.11. The molecule has 0 spiro atoms. The van der Waals surface area contributed by atoms with Gasteiger partial charge in [0, 0.05) is 23.4 Å². The van der Waals surface area contributed by atoms with Crippen molar-refractivity contribution < 1.29 is 5.11 Å². The van der Waals surface area contributed by atoms with Crippen molar-refractivity contribution >= 4 is 5.65 Å². The summed E-state index contributed by atoms with van der Waals surface area (Å²) in [6, 6.07) is 21.0. The van der Waals surface area contributed by atoms with Crippen LogP contribution in [-0.4, -0.2) is 19.7 Å². The number of phenols is 1. The Labute approximate surface area is 127 Å². The minimum absolute atomic E-state index is 0.228. The molecule has 2 aromatic heterocycles. The molecular weight excluding hydrogens is 274 g/mol. The number of benzene rings is 2. The van der Waals surface area contributed by atoms with E-state index in [-0.39, 0.29) is 5.75 Å². The van der Waals surface area contributed by atoms with E-state index in [1.54, 1.807) is 22.8 Å². The smallest absolute Gasteiger partial charge is 0.156 e. The van der Waals surface area contributed by atoms with Gasteiger partial charge in [-0.15, -0.1) is 0 Å². The Balaban J connectivity index is 1.95. The van der Waals surface area contributed by atoms with Crippen molar-refractivity contribution in [2.75, 3.05) is 0 Å². The van der Waals surface area contributed by atoms with Crippen molar-refractivity contribution in [1.82, 2.24) is 14.6 Å². The fourth-order valence-electron chi connectivity index (χ4n) is 2.54. The van der Waals surface area contributed by atoms with E-state index in [0.29, 0.717) is 0 Å². The second-order valence-corrected chi connectivity index (χ2v) is 5.01. The van der Waals surface area contributed by atoms with Gasteiger partial charge in [-0.25, -0.2) is 9.50 Å². The average molecular weight is 287 g/mol. The van der Waals surface area contributed by atoms with Gasteiger partial charge < -0.3 is 5.11 Å². The molecular formula is C18H13N3O. The fourth-order valence-corrected chi connectivity index (χ4v) is 2.54. The number of aromatic hydroxyl groups is 1. The molecule has 0 aliphatic heterocycles. The van der Waals surface area contributed by atoms with Crippen LogP contribution in [0.15, 0.2) is 72.9 Å². The minimum atomic E-state index is 0.228. The lowest BCUT2D eigenvalue weighted by molar-refractivity contribution is 0.477. The molecule has 0 aliphatic rings. The number of aromatic nitrogens is 3. The summed E-state index contributed by atoms with van der Waals surface area (Å²) in [6.07, 6.45) is 1.73. The van der Waals surface area contributed by atoms with Gasteiger partial charge in [-0.1, -0.05) is 42.5 Å². The Morgan fingerprint density at radius 1 is 0.864 bits per heavy atom. The predicted molar refractivity (Wildman–Crippen MR) is 85.5 cm³/mol. The Morgan fingerprint density at radius 2 is 1.64 bits per heavy atom. The first-order valence-corrected chi connectivity index (χ1v) is 7.01. The molecule has 22 heavy (non-hydrogen) atoms. The van der Waals surface area contributed by atoms with Crippen LogP contribution in [0.2, 0.25) is 0 Å². The Hall–Kier alpha value is -3.14. The van der Waals surface area contributed by atoms with E-state index < -0.39 is 0 Å². The van der Waals surface area contributed by atoms with E-state index in [1.807, 2.05) is 54.6 Å². The van der Waals surface area contributed by atoms with Gasteiger partial charge in [-0.3, -0.25) is 0 Å². The lowest BCUT2D eigenvalue weighted by atomic mass is 10.1. The molecule has 4 rings (SSSR count). The third kappa shape index (κ3) is 2.02. The van der Waals surface area contributed by atoms with Crippen molar-refractivity contribution in [3.05, 3.63) is 72.9 Å². The van der Waals surface area contributed by atoms with Crippen LogP contribution in [0.5, 0.6) is 5.75 Å². The van der Waals surface area contributed by atoms with Crippen LogP contribution in [0.1, 0.15) is 0 Å². The number of para-hydroxylation sites is 1. The molecule has 0 saturated carbocycles. The summed E-state index contributed by atoms with van der Waals surface area (Å²) in [5.74, 6) is 0.228. The van der Waals surface area contributed by atoms with Gasteiger partial charge >= 0.3 is 0 Å². The second-order valence-electron chi connectivity index (χ2n) is 5.01. The molecule has 4 heteroatoms. The molecule has 0 fully saturated rings. The molecule has 1 N–H and O–H groups in total. The van der Waals surface area contributed by atoms with Gasteiger partial charge in [0.2, 0.25) is 0 Å². The number of phenolic OH excluding ortho intramolecular Hbond substituents is 1. The van der Waals surface area contributed by atoms with E-state index in [1.165, 1.54) is 0 Å². The van der Waals surface area contributed by atoms with E-state index in [4.69, 9.17) is 0 Å². The summed E-state index contributed by atoms with van der Waals surface area (Å²) in [5, 5.41) is 14.7. The van der Waals surface area contributed by atoms with Crippen molar-refractivity contribution in [2.45, 2.75) is 0 Å². The zero-order valence-electron chi connectivity index (χ0n) is 11.7. The summed E-state index contributed by atoms with van der Waals surface area (Å²) in [5.41, 5.74) is 4.19. The zero-order valence-corrected chi connectivity index (χ0v) is 11.7. The van der Waals surface area contributed by atoms with Crippen LogP contribution in [-0.2, 0) is 0 Å². The van der Waals surface area contributed by atoms with E-state index in [2.05, 4.69) is 10.1 Å². The van der Waals surface area contributed by atoms with Gasteiger partial charge in [0.25, 0.3) is 0 Å². The summed E-state index contributed by atoms with van der Waals surface area (Å²) in [4.78, 5) is 4.36. The zero-order chi connectivity index (χ0) is 14.9. The summed E-state index contributed by atoms with van der Waals surface area (Å²) in [6.45, 7) is 0. The van der Waals surface area contributed by atoms with Crippen LogP contribution in [0.4, 0.5) is 0 Å². The third-order valence-corrected chi connectivity index (χ3v) is 3.61. The molecule has 2 heterocycles. The monoisotopic (exact) mass is 287 g/mol. The number of nitrogens with zero attached hydrogens (tertiary/aromatic N) is 3. The molecule has 2 aromatic carbocycles. The van der Waals surface area contributed by atoms with E-state index >= 15 is 0 Å². The molecule has 0 bridgehead atoms. The van der Waals surface area contributed by atoms with Crippen LogP contribution < -0.4 is 0 Å². The summed E-state index contributed by atoms with van der Waals surface area (Å²) < 4.78 is 1.76. The first-order valence-electron chi connectivity index (χ1n) is 7.01. The molecule has 0 amide bonds. The Kier molecular flexibility index (Phi) is 2.86. The maximum Gasteiger partial charge on any atom is 0.156 e. The number of fused-ring (bicyclic) bond motifs is 1. The van der Waals surface area contributed by atoms with Crippen molar-refractivity contribution in [1.29, 1.82) is 0 Å². The number of rotatable bonds is 2. The molecule has 0 radical (unpaired) electrons. The van der Waals surface area contributed by atoms with Gasteiger partial charge in [0.15, 0.2) is 5.65 Å². The molecule has 0 aliphatic carbocycles. The molecule has 4 aromatic rings. The van der Waals surface area contributed by atoms with Gasteiger partial charge in [0.1, 0.15) is 5.75 Å². The first kappa shape index (κ1) is 12.6. The van der Waals surface area contributed by atoms with E-state index in [0.717, 1.165) is 28.2 Å². The van der Waals surface area contributed by atoms with Crippen molar-refractivity contribution in [3.8, 4) is 28.3 Å². The standard InChI is InChI=1S/C18H13N3O/c22-17-9-5-4-8-14(17)16-10-11-19-18-12-15(20-21(16)18)13-6-2-1-3-7-13/h1-12,22H. The lowest BCUT2D eigenvalue weighted by Crippen LogP contribution is -1.95. The maximum absolute atomic E-state index is 10.1. The summed E-state index contributed by atoms with van der Waals surface area (Å²) >= 11 is 0. The third-order valence-electron chi connectivity index (χ3n) is 3.61. The van der Waals surface area contributed by atoms with Crippen molar-refractivity contribution in [2.24, 2.45) is 0 Å². The predicted octanol–water partition coefficient (Wildman–Crippen LogP) is 3.77. The molecule has 0 atom stereocenters.